The molecular weight excluding hydrogens is 350 g/mol. The van der Waals surface area contributed by atoms with Gasteiger partial charge in [-0.1, -0.05) is 45.7 Å². The number of benzene rings is 2. The van der Waals surface area contributed by atoms with Gasteiger partial charge in [0.2, 0.25) is 10.0 Å². The summed E-state index contributed by atoms with van der Waals surface area (Å²) in [4.78, 5) is 0. The molecule has 0 atom stereocenters. The lowest BCUT2D eigenvalue weighted by Gasteiger charge is -2.09. The number of anilines is 1. The molecule has 0 amide bonds. The molecule has 3 nitrogen and oxygen atoms in total. The van der Waals surface area contributed by atoms with Gasteiger partial charge in [0.25, 0.3) is 0 Å². The minimum Gasteiger partial charge on any atom is -0.283 e. The van der Waals surface area contributed by atoms with Crippen LogP contribution in [0.4, 0.5) is 5.69 Å². The quantitative estimate of drug-likeness (QED) is 0.894. The Hall–Kier alpha value is -1.04. The Labute approximate surface area is 125 Å². The Balaban J connectivity index is 2.15. The summed E-state index contributed by atoms with van der Waals surface area (Å²) < 4.78 is 27.5. The van der Waals surface area contributed by atoms with Crippen molar-refractivity contribution in [1.29, 1.82) is 0 Å². The van der Waals surface area contributed by atoms with Crippen molar-refractivity contribution in [3.8, 4) is 0 Å². The first-order valence-electron chi connectivity index (χ1n) is 5.46. The van der Waals surface area contributed by atoms with Crippen LogP contribution < -0.4 is 4.72 Å². The van der Waals surface area contributed by atoms with E-state index in [0.717, 1.165) is 4.47 Å². The van der Waals surface area contributed by atoms with Gasteiger partial charge in [0.1, 0.15) is 0 Å². The van der Waals surface area contributed by atoms with Crippen LogP contribution in [0.5, 0.6) is 0 Å². The van der Waals surface area contributed by atoms with Crippen LogP contribution in [0, 0.1) is 0 Å². The fourth-order valence-corrected chi connectivity index (χ4v) is 3.33. The zero-order valence-electron chi connectivity index (χ0n) is 9.81. The minimum atomic E-state index is -3.47. The largest absolute Gasteiger partial charge is 0.283 e. The first-order chi connectivity index (χ1) is 8.96. The molecule has 0 radical (unpaired) electrons. The van der Waals surface area contributed by atoms with Crippen LogP contribution in [-0.2, 0) is 15.8 Å². The second-order valence-electron chi connectivity index (χ2n) is 3.96. The van der Waals surface area contributed by atoms with Crippen molar-refractivity contribution in [2.24, 2.45) is 0 Å². The number of hydrogen-bond donors (Lipinski definition) is 1. The third-order valence-corrected chi connectivity index (χ3v) is 4.56. The topological polar surface area (TPSA) is 46.2 Å². The van der Waals surface area contributed by atoms with Crippen molar-refractivity contribution in [2.75, 3.05) is 4.72 Å². The molecule has 19 heavy (non-hydrogen) atoms. The van der Waals surface area contributed by atoms with Gasteiger partial charge in [0.05, 0.1) is 5.75 Å². The summed E-state index contributed by atoms with van der Waals surface area (Å²) in [6, 6.07) is 13.8. The maximum Gasteiger partial charge on any atom is 0.236 e. The molecule has 6 heteroatoms. The molecule has 2 rings (SSSR count). The number of hydrogen-bond acceptors (Lipinski definition) is 2. The predicted molar refractivity (Wildman–Crippen MR) is 81.8 cm³/mol. The molecule has 1 N–H and O–H groups in total. The van der Waals surface area contributed by atoms with Crippen molar-refractivity contribution in [2.45, 2.75) is 5.75 Å². The Kier molecular flexibility index (Phi) is 4.50. The van der Waals surface area contributed by atoms with E-state index >= 15 is 0 Å². The molecule has 0 aliphatic carbocycles. The summed E-state index contributed by atoms with van der Waals surface area (Å²) in [6.45, 7) is 0. The maximum absolute atomic E-state index is 12.0. The van der Waals surface area contributed by atoms with Crippen LogP contribution in [-0.4, -0.2) is 8.42 Å². The zero-order chi connectivity index (χ0) is 13.9. The SMILES string of the molecule is O=S(=O)(Cc1ccccc1Cl)Nc1ccc(Br)cc1. The average molecular weight is 361 g/mol. The number of sulfonamides is 1. The molecule has 2 aromatic carbocycles. The third kappa shape index (κ3) is 4.23. The van der Waals surface area contributed by atoms with Gasteiger partial charge in [-0.25, -0.2) is 8.42 Å². The van der Waals surface area contributed by atoms with E-state index in [1.54, 1.807) is 48.5 Å². The molecule has 100 valence electrons. The fraction of sp³-hybridized carbons (Fsp3) is 0.0769. The Morgan fingerprint density at radius 1 is 1.05 bits per heavy atom. The summed E-state index contributed by atoms with van der Waals surface area (Å²) in [6.07, 6.45) is 0. The first-order valence-corrected chi connectivity index (χ1v) is 8.28. The van der Waals surface area contributed by atoms with Crippen LogP contribution in [0.2, 0.25) is 5.02 Å². The molecule has 0 spiro atoms. The summed E-state index contributed by atoms with van der Waals surface area (Å²) >= 11 is 9.25. The van der Waals surface area contributed by atoms with E-state index in [2.05, 4.69) is 20.7 Å². The number of nitrogens with one attached hydrogen (secondary N) is 1. The second-order valence-corrected chi connectivity index (χ2v) is 7.00. The molecule has 0 fully saturated rings. The molecular formula is C13H11BrClNO2S. The second kappa shape index (κ2) is 5.94. The molecule has 0 saturated carbocycles. The van der Waals surface area contributed by atoms with Gasteiger partial charge in [0, 0.05) is 15.2 Å². The highest BCUT2D eigenvalue weighted by Gasteiger charge is 2.13. The standard InChI is InChI=1S/C13H11BrClNO2S/c14-11-5-7-12(8-6-11)16-19(17,18)9-10-3-1-2-4-13(10)15/h1-8,16H,9H2. The molecule has 0 saturated heterocycles. The number of halogens is 2. The van der Waals surface area contributed by atoms with E-state index in [1.807, 2.05) is 0 Å². The van der Waals surface area contributed by atoms with Crippen molar-refractivity contribution < 1.29 is 8.42 Å². The molecule has 0 heterocycles. The van der Waals surface area contributed by atoms with Crippen LogP contribution in [0.1, 0.15) is 5.56 Å². The molecule has 0 aromatic heterocycles. The normalized spacial score (nSPS) is 11.3. The molecule has 0 aliphatic rings. The monoisotopic (exact) mass is 359 g/mol. The highest BCUT2D eigenvalue weighted by molar-refractivity contribution is 9.10. The molecule has 2 aromatic rings. The summed E-state index contributed by atoms with van der Waals surface area (Å²) in [5.41, 5.74) is 1.10. The van der Waals surface area contributed by atoms with E-state index in [1.165, 1.54) is 0 Å². The van der Waals surface area contributed by atoms with E-state index in [4.69, 9.17) is 11.6 Å². The van der Waals surface area contributed by atoms with Crippen LogP contribution in [0.3, 0.4) is 0 Å². The lowest BCUT2D eigenvalue weighted by molar-refractivity contribution is 0.600. The lowest BCUT2D eigenvalue weighted by Crippen LogP contribution is -2.15. The van der Waals surface area contributed by atoms with Gasteiger partial charge in [-0.05, 0) is 35.9 Å². The molecule has 0 aliphatic heterocycles. The summed E-state index contributed by atoms with van der Waals surface area (Å²) in [7, 11) is -3.47. The van der Waals surface area contributed by atoms with Crippen LogP contribution in [0.25, 0.3) is 0 Å². The van der Waals surface area contributed by atoms with Gasteiger partial charge in [0.15, 0.2) is 0 Å². The van der Waals surface area contributed by atoms with Gasteiger partial charge < -0.3 is 0 Å². The first kappa shape index (κ1) is 14.4. The number of rotatable bonds is 4. The summed E-state index contributed by atoms with van der Waals surface area (Å²) in [5.74, 6) is -0.150. The minimum absolute atomic E-state index is 0.150. The Morgan fingerprint density at radius 3 is 2.32 bits per heavy atom. The van der Waals surface area contributed by atoms with E-state index < -0.39 is 10.0 Å². The van der Waals surface area contributed by atoms with Gasteiger partial charge >= 0.3 is 0 Å². The van der Waals surface area contributed by atoms with E-state index in [0.29, 0.717) is 16.3 Å². The zero-order valence-corrected chi connectivity index (χ0v) is 13.0. The van der Waals surface area contributed by atoms with Crippen molar-refractivity contribution in [1.82, 2.24) is 0 Å². The maximum atomic E-state index is 12.0. The average Bonchev–Trinajstić information content (AvgIpc) is 2.35. The van der Waals surface area contributed by atoms with Gasteiger partial charge in [-0.2, -0.15) is 0 Å². The van der Waals surface area contributed by atoms with Crippen LogP contribution >= 0.6 is 27.5 Å². The summed E-state index contributed by atoms with van der Waals surface area (Å²) in [5, 5.41) is 0.448. The third-order valence-electron chi connectivity index (χ3n) is 2.42. The molecule has 0 bridgehead atoms. The predicted octanol–water partition coefficient (Wildman–Crippen LogP) is 4.04. The fourth-order valence-electron chi connectivity index (χ4n) is 1.55. The highest BCUT2D eigenvalue weighted by Crippen LogP contribution is 2.20. The Morgan fingerprint density at radius 2 is 1.68 bits per heavy atom. The Bertz CT molecular complexity index is 671. The lowest BCUT2D eigenvalue weighted by atomic mass is 10.2. The van der Waals surface area contributed by atoms with Crippen molar-refractivity contribution >= 4 is 43.2 Å². The van der Waals surface area contributed by atoms with E-state index in [9.17, 15) is 8.42 Å². The van der Waals surface area contributed by atoms with Gasteiger partial charge in [-0.3, -0.25) is 4.72 Å². The van der Waals surface area contributed by atoms with Crippen molar-refractivity contribution in [3.63, 3.8) is 0 Å². The highest BCUT2D eigenvalue weighted by atomic mass is 79.9. The van der Waals surface area contributed by atoms with E-state index in [-0.39, 0.29) is 5.75 Å². The van der Waals surface area contributed by atoms with Gasteiger partial charge in [-0.15, -0.1) is 0 Å². The van der Waals surface area contributed by atoms with Crippen LogP contribution in [0.15, 0.2) is 53.0 Å². The van der Waals surface area contributed by atoms with Crippen molar-refractivity contribution in [3.05, 3.63) is 63.6 Å². The smallest absolute Gasteiger partial charge is 0.236 e. The molecule has 0 unspecified atom stereocenters.